The van der Waals surface area contributed by atoms with Gasteiger partial charge in [-0.1, -0.05) is 6.92 Å². The molecule has 1 heterocycles. The first kappa shape index (κ1) is 10.5. The van der Waals surface area contributed by atoms with Gasteiger partial charge in [0.1, 0.15) is 0 Å². The van der Waals surface area contributed by atoms with Gasteiger partial charge in [0.05, 0.1) is 5.92 Å². The molecule has 13 heavy (non-hydrogen) atoms. The highest BCUT2D eigenvalue weighted by Crippen LogP contribution is 2.03. The van der Waals surface area contributed by atoms with Gasteiger partial charge in [-0.2, -0.15) is 0 Å². The molecule has 0 aromatic rings. The first-order valence-corrected chi connectivity index (χ1v) is 4.78. The number of rotatable bonds is 3. The number of carboxylic acids is 1. The molecule has 1 aliphatic heterocycles. The Hall–Kier alpha value is -0.610. The molecule has 4 nitrogen and oxygen atoms in total. The Bertz CT molecular complexity index is 184. The van der Waals surface area contributed by atoms with Crippen LogP contribution in [0.3, 0.4) is 0 Å². The van der Waals surface area contributed by atoms with E-state index in [0.717, 1.165) is 19.6 Å². The van der Waals surface area contributed by atoms with E-state index in [2.05, 4.69) is 17.1 Å². The number of piperazine rings is 1. The molecule has 1 rings (SSSR count). The summed E-state index contributed by atoms with van der Waals surface area (Å²) in [4.78, 5) is 12.8. The van der Waals surface area contributed by atoms with Crippen LogP contribution >= 0.6 is 0 Å². The molecule has 2 atom stereocenters. The summed E-state index contributed by atoms with van der Waals surface area (Å²) < 4.78 is 0. The quantitative estimate of drug-likeness (QED) is 0.651. The average Bonchev–Trinajstić information content (AvgIpc) is 2.04. The molecule has 1 saturated heterocycles. The second-order valence-electron chi connectivity index (χ2n) is 3.85. The zero-order valence-corrected chi connectivity index (χ0v) is 8.29. The second kappa shape index (κ2) is 4.58. The predicted molar refractivity (Wildman–Crippen MR) is 50.7 cm³/mol. The number of carboxylic acid groups (broad SMARTS) is 1. The van der Waals surface area contributed by atoms with Crippen LogP contribution in [0.2, 0.25) is 0 Å². The van der Waals surface area contributed by atoms with Crippen LogP contribution in [0, 0.1) is 5.92 Å². The van der Waals surface area contributed by atoms with Crippen LogP contribution < -0.4 is 5.32 Å². The monoisotopic (exact) mass is 186 g/mol. The highest BCUT2D eigenvalue weighted by molar-refractivity contribution is 5.69. The van der Waals surface area contributed by atoms with Gasteiger partial charge < -0.3 is 10.4 Å². The van der Waals surface area contributed by atoms with Gasteiger partial charge in [0.15, 0.2) is 0 Å². The SMILES string of the molecule is CC1CN(CC(C)C(=O)O)CCN1. The summed E-state index contributed by atoms with van der Waals surface area (Å²) in [6.45, 7) is 7.43. The van der Waals surface area contributed by atoms with Crippen molar-refractivity contribution in [1.82, 2.24) is 10.2 Å². The van der Waals surface area contributed by atoms with Crippen molar-refractivity contribution in [3.63, 3.8) is 0 Å². The lowest BCUT2D eigenvalue weighted by molar-refractivity contribution is -0.141. The van der Waals surface area contributed by atoms with E-state index in [0.29, 0.717) is 12.6 Å². The highest BCUT2D eigenvalue weighted by atomic mass is 16.4. The zero-order chi connectivity index (χ0) is 9.84. The zero-order valence-electron chi connectivity index (χ0n) is 8.29. The summed E-state index contributed by atoms with van der Waals surface area (Å²) in [6, 6.07) is 0.481. The molecule has 1 fully saturated rings. The van der Waals surface area contributed by atoms with E-state index in [4.69, 9.17) is 5.11 Å². The van der Waals surface area contributed by atoms with Crippen molar-refractivity contribution in [3.8, 4) is 0 Å². The van der Waals surface area contributed by atoms with E-state index in [1.165, 1.54) is 0 Å². The van der Waals surface area contributed by atoms with Crippen molar-refractivity contribution in [2.75, 3.05) is 26.2 Å². The minimum atomic E-state index is -0.703. The third kappa shape index (κ3) is 3.32. The number of hydrogen-bond donors (Lipinski definition) is 2. The van der Waals surface area contributed by atoms with E-state index in [1.54, 1.807) is 6.92 Å². The fourth-order valence-electron chi connectivity index (χ4n) is 1.64. The largest absolute Gasteiger partial charge is 0.481 e. The van der Waals surface area contributed by atoms with Gasteiger partial charge in [0, 0.05) is 32.2 Å². The summed E-state index contributed by atoms with van der Waals surface area (Å²) in [6.07, 6.45) is 0. The Morgan fingerprint density at radius 2 is 2.46 bits per heavy atom. The third-order valence-corrected chi connectivity index (χ3v) is 2.41. The summed E-state index contributed by atoms with van der Waals surface area (Å²) in [5, 5.41) is 12.1. The van der Waals surface area contributed by atoms with Crippen molar-refractivity contribution in [2.45, 2.75) is 19.9 Å². The van der Waals surface area contributed by atoms with E-state index in [1.807, 2.05) is 0 Å². The van der Waals surface area contributed by atoms with E-state index >= 15 is 0 Å². The van der Waals surface area contributed by atoms with E-state index in [-0.39, 0.29) is 5.92 Å². The molecular weight excluding hydrogens is 168 g/mol. The molecule has 0 aromatic heterocycles. The molecule has 0 aromatic carbocycles. The predicted octanol–water partition coefficient (Wildman–Crippen LogP) is 0.000800. The molecule has 0 bridgehead atoms. The molecule has 0 saturated carbocycles. The maximum atomic E-state index is 10.6. The van der Waals surface area contributed by atoms with Crippen molar-refractivity contribution in [2.24, 2.45) is 5.92 Å². The van der Waals surface area contributed by atoms with E-state index < -0.39 is 5.97 Å². The number of nitrogens with one attached hydrogen (secondary N) is 1. The molecule has 0 radical (unpaired) electrons. The van der Waals surface area contributed by atoms with Crippen LogP contribution in [0.4, 0.5) is 0 Å². The Morgan fingerprint density at radius 3 is 3.00 bits per heavy atom. The maximum absolute atomic E-state index is 10.6. The van der Waals surface area contributed by atoms with Crippen molar-refractivity contribution >= 4 is 5.97 Å². The van der Waals surface area contributed by atoms with Crippen LogP contribution in [0.25, 0.3) is 0 Å². The highest BCUT2D eigenvalue weighted by Gasteiger charge is 2.20. The standard InChI is InChI=1S/C9H18N2O2/c1-7(9(12)13)5-11-4-3-10-8(2)6-11/h7-8,10H,3-6H2,1-2H3,(H,12,13). The molecule has 4 heteroatoms. The molecule has 2 N–H and O–H groups in total. The summed E-state index contributed by atoms with van der Waals surface area (Å²) in [5.74, 6) is -0.962. The van der Waals surface area contributed by atoms with Gasteiger partial charge in [0.2, 0.25) is 0 Å². The normalized spacial score (nSPS) is 27.1. The lowest BCUT2D eigenvalue weighted by Crippen LogP contribution is -2.50. The van der Waals surface area contributed by atoms with Crippen LogP contribution in [-0.4, -0.2) is 48.2 Å². The summed E-state index contributed by atoms with van der Waals surface area (Å²) in [7, 11) is 0. The maximum Gasteiger partial charge on any atom is 0.307 e. The summed E-state index contributed by atoms with van der Waals surface area (Å²) in [5.41, 5.74) is 0. The molecule has 76 valence electrons. The summed E-state index contributed by atoms with van der Waals surface area (Å²) >= 11 is 0. The number of carbonyl (C=O) groups is 1. The van der Waals surface area contributed by atoms with Crippen LogP contribution in [0.5, 0.6) is 0 Å². The molecule has 2 unspecified atom stereocenters. The Balaban J connectivity index is 2.31. The minimum Gasteiger partial charge on any atom is -0.481 e. The van der Waals surface area contributed by atoms with E-state index in [9.17, 15) is 4.79 Å². The molecule has 0 amide bonds. The van der Waals surface area contributed by atoms with Crippen LogP contribution in [0.1, 0.15) is 13.8 Å². The molecule has 1 aliphatic rings. The average molecular weight is 186 g/mol. The molecule has 0 spiro atoms. The van der Waals surface area contributed by atoms with Gasteiger partial charge in [-0.05, 0) is 6.92 Å². The number of hydrogen-bond acceptors (Lipinski definition) is 3. The fourth-order valence-corrected chi connectivity index (χ4v) is 1.64. The van der Waals surface area contributed by atoms with Crippen LogP contribution in [-0.2, 0) is 4.79 Å². The van der Waals surface area contributed by atoms with Gasteiger partial charge in [-0.15, -0.1) is 0 Å². The Kier molecular flexibility index (Phi) is 3.69. The minimum absolute atomic E-state index is 0.259. The Morgan fingerprint density at radius 1 is 1.77 bits per heavy atom. The van der Waals surface area contributed by atoms with Gasteiger partial charge >= 0.3 is 5.97 Å². The fraction of sp³-hybridized carbons (Fsp3) is 0.889. The van der Waals surface area contributed by atoms with Gasteiger partial charge in [0.25, 0.3) is 0 Å². The topological polar surface area (TPSA) is 52.6 Å². The van der Waals surface area contributed by atoms with Gasteiger partial charge in [-0.25, -0.2) is 0 Å². The molecular formula is C9H18N2O2. The lowest BCUT2D eigenvalue weighted by Gasteiger charge is -2.32. The van der Waals surface area contributed by atoms with Gasteiger partial charge in [-0.3, -0.25) is 9.69 Å². The smallest absolute Gasteiger partial charge is 0.307 e. The first-order valence-electron chi connectivity index (χ1n) is 4.78. The third-order valence-electron chi connectivity index (χ3n) is 2.41. The second-order valence-corrected chi connectivity index (χ2v) is 3.85. The number of nitrogens with zero attached hydrogens (tertiary/aromatic N) is 1. The van der Waals surface area contributed by atoms with Crippen molar-refractivity contribution in [3.05, 3.63) is 0 Å². The number of aliphatic carboxylic acids is 1. The van der Waals surface area contributed by atoms with Crippen molar-refractivity contribution < 1.29 is 9.90 Å². The molecule has 0 aliphatic carbocycles. The lowest BCUT2D eigenvalue weighted by atomic mass is 10.1. The Labute approximate surface area is 78.9 Å². The van der Waals surface area contributed by atoms with Crippen molar-refractivity contribution in [1.29, 1.82) is 0 Å². The first-order chi connectivity index (χ1) is 6.09. The van der Waals surface area contributed by atoms with Crippen LogP contribution in [0.15, 0.2) is 0 Å².